The van der Waals surface area contributed by atoms with Gasteiger partial charge >= 0.3 is 0 Å². The van der Waals surface area contributed by atoms with Crippen molar-refractivity contribution in [1.29, 1.82) is 0 Å². The molecule has 122 valence electrons. The summed E-state index contributed by atoms with van der Waals surface area (Å²) in [5.41, 5.74) is 0. The third-order valence-corrected chi connectivity index (χ3v) is 3.58. The first-order chi connectivity index (χ1) is 11.3. The third kappa shape index (κ3) is 4.58. The Morgan fingerprint density at radius 2 is 1.91 bits per heavy atom. The minimum Gasteiger partial charge on any atom is -0.426 e. The molecule has 1 saturated heterocycles. The summed E-state index contributed by atoms with van der Waals surface area (Å²) < 4.78 is 16.3. The van der Waals surface area contributed by atoms with Crippen LogP contribution in [0.2, 0.25) is 0 Å². The van der Waals surface area contributed by atoms with Gasteiger partial charge in [-0.05, 0) is 18.2 Å². The number of ether oxygens (including phenoxy) is 2. The summed E-state index contributed by atoms with van der Waals surface area (Å²) in [6.45, 7) is 4.72. The molecule has 1 fully saturated rings. The molecule has 1 aromatic heterocycles. The summed E-state index contributed by atoms with van der Waals surface area (Å²) in [5, 5.41) is 2.85. The summed E-state index contributed by atoms with van der Waals surface area (Å²) in [5.74, 6) is 0.981. The van der Waals surface area contributed by atoms with Gasteiger partial charge in [0.05, 0.1) is 13.2 Å². The Balaban J connectivity index is 1.46. The van der Waals surface area contributed by atoms with Crippen LogP contribution in [0.1, 0.15) is 10.6 Å². The molecule has 1 aliphatic heterocycles. The summed E-state index contributed by atoms with van der Waals surface area (Å²) in [6.07, 6.45) is 0. The van der Waals surface area contributed by atoms with Gasteiger partial charge in [0.25, 0.3) is 11.9 Å². The normalized spacial score (nSPS) is 15.3. The second-order valence-electron chi connectivity index (χ2n) is 5.24. The average molecular weight is 316 g/mol. The van der Waals surface area contributed by atoms with Crippen molar-refractivity contribution in [3.63, 3.8) is 0 Å². The van der Waals surface area contributed by atoms with Gasteiger partial charge in [-0.15, -0.1) is 0 Å². The fraction of sp³-hybridized carbons (Fsp3) is 0.353. The Kier molecular flexibility index (Phi) is 5.29. The standard InChI is InChI=1S/C17H20N2O4/c20-17(18-8-9-19-10-12-21-13-11-19)15-6-7-16(23-15)22-14-4-2-1-3-5-14/h1-7H,8-13H2,(H,18,20). The Hall–Kier alpha value is -2.31. The molecule has 3 rings (SSSR count). The van der Waals surface area contributed by atoms with Crippen molar-refractivity contribution in [3.8, 4) is 11.7 Å². The van der Waals surface area contributed by atoms with E-state index < -0.39 is 0 Å². The van der Waals surface area contributed by atoms with Crippen LogP contribution in [-0.2, 0) is 4.74 Å². The molecule has 0 saturated carbocycles. The van der Waals surface area contributed by atoms with E-state index in [4.69, 9.17) is 13.9 Å². The van der Waals surface area contributed by atoms with Gasteiger partial charge in [-0.2, -0.15) is 0 Å². The molecule has 0 unspecified atom stereocenters. The van der Waals surface area contributed by atoms with Crippen LogP contribution >= 0.6 is 0 Å². The number of nitrogens with one attached hydrogen (secondary N) is 1. The van der Waals surface area contributed by atoms with Crippen LogP contribution in [0.3, 0.4) is 0 Å². The van der Waals surface area contributed by atoms with Gasteiger partial charge in [-0.3, -0.25) is 9.69 Å². The molecule has 0 bridgehead atoms. The predicted octanol–water partition coefficient (Wildman–Crippen LogP) is 2.13. The Bertz CT molecular complexity index is 621. The lowest BCUT2D eigenvalue weighted by atomic mass is 10.3. The Morgan fingerprint density at radius 1 is 1.13 bits per heavy atom. The number of carbonyl (C=O) groups is 1. The molecule has 0 aliphatic carbocycles. The number of hydrogen-bond acceptors (Lipinski definition) is 5. The van der Waals surface area contributed by atoms with Crippen LogP contribution in [-0.4, -0.2) is 50.2 Å². The van der Waals surface area contributed by atoms with Crippen LogP contribution in [0, 0.1) is 0 Å². The molecule has 0 radical (unpaired) electrons. The highest BCUT2D eigenvalue weighted by atomic mass is 16.6. The molecular formula is C17H20N2O4. The number of para-hydroxylation sites is 1. The minimum absolute atomic E-state index is 0.235. The van der Waals surface area contributed by atoms with E-state index in [1.165, 1.54) is 0 Å². The average Bonchev–Trinajstić information content (AvgIpc) is 3.05. The smallest absolute Gasteiger partial charge is 0.290 e. The monoisotopic (exact) mass is 316 g/mol. The number of hydrogen-bond donors (Lipinski definition) is 1. The van der Waals surface area contributed by atoms with Crippen molar-refractivity contribution in [2.24, 2.45) is 0 Å². The van der Waals surface area contributed by atoms with E-state index in [9.17, 15) is 4.79 Å². The van der Waals surface area contributed by atoms with Crippen molar-refractivity contribution in [2.75, 3.05) is 39.4 Å². The van der Waals surface area contributed by atoms with Gasteiger partial charge in [0.1, 0.15) is 5.75 Å². The second-order valence-corrected chi connectivity index (χ2v) is 5.24. The van der Waals surface area contributed by atoms with Crippen molar-refractivity contribution in [2.45, 2.75) is 0 Å². The molecule has 0 spiro atoms. The minimum atomic E-state index is -0.235. The number of benzene rings is 1. The van der Waals surface area contributed by atoms with Crippen molar-refractivity contribution in [3.05, 3.63) is 48.2 Å². The molecule has 1 aliphatic rings. The van der Waals surface area contributed by atoms with Crippen LogP contribution in [0.15, 0.2) is 46.9 Å². The van der Waals surface area contributed by atoms with Crippen LogP contribution < -0.4 is 10.1 Å². The SMILES string of the molecule is O=C(NCCN1CCOCC1)c1ccc(Oc2ccccc2)o1. The number of nitrogens with zero attached hydrogens (tertiary/aromatic N) is 1. The highest BCUT2D eigenvalue weighted by Gasteiger charge is 2.14. The number of amides is 1. The van der Waals surface area contributed by atoms with Gasteiger partial charge in [0.2, 0.25) is 0 Å². The molecule has 23 heavy (non-hydrogen) atoms. The van der Waals surface area contributed by atoms with Gasteiger partial charge in [0, 0.05) is 32.2 Å². The van der Waals surface area contributed by atoms with Crippen LogP contribution in [0.5, 0.6) is 11.7 Å². The number of carbonyl (C=O) groups excluding carboxylic acids is 1. The highest BCUT2D eigenvalue weighted by molar-refractivity contribution is 5.91. The topological polar surface area (TPSA) is 63.9 Å². The predicted molar refractivity (Wildman–Crippen MR) is 84.8 cm³/mol. The van der Waals surface area contributed by atoms with Crippen molar-refractivity contribution >= 4 is 5.91 Å². The zero-order chi connectivity index (χ0) is 15.9. The van der Waals surface area contributed by atoms with E-state index in [0.717, 1.165) is 32.8 Å². The lowest BCUT2D eigenvalue weighted by molar-refractivity contribution is 0.0382. The molecule has 6 heteroatoms. The van der Waals surface area contributed by atoms with E-state index in [0.29, 0.717) is 18.2 Å². The van der Waals surface area contributed by atoms with E-state index in [-0.39, 0.29) is 11.7 Å². The van der Waals surface area contributed by atoms with E-state index in [1.54, 1.807) is 12.1 Å². The van der Waals surface area contributed by atoms with Gasteiger partial charge in [0.15, 0.2) is 5.76 Å². The van der Waals surface area contributed by atoms with Crippen LogP contribution in [0.4, 0.5) is 0 Å². The Morgan fingerprint density at radius 3 is 2.70 bits per heavy atom. The molecule has 6 nitrogen and oxygen atoms in total. The Labute approximate surface area is 135 Å². The largest absolute Gasteiger partial charge is 0.426 e. The van der Waals surface area contributed by atoms with E-state index >= 15 is 0 Å². The number of morpholine rings is 1. The fourth-order valence-corrected chi connectivity index (χ4v) is 2.34. The summed E-state index contributed by atoms with van der Waals surface area (Å²) in [7, 11) is 0. The zero-order valence-electron chi connectivity index (χ0n) is 12.9. The molecule has 2 heterocycles. The fourth-order valence-electron chi connectivity index (χ4n) is 2.34. The van der Waals surface area contributed by atoms with E-state index in [2.05, 4.69) is 10.2 Å². The number of furan rings is 1. The van der Waals surface area contributed by atoms with Gasteiger partial charge in [-0.1, -0.05) is 18.2 Å². The number of rotatable bonds is 6. The van der Waals surface area contributed by atoms with Gasteiger partial charge in [-0.25, -0.2) is 0 Å². The lowest BCUT2D eigenvalue weighted by Gasteiger charge is -2.26. The molecule has 1 amide bonds. The molecule has 1 aromatic carbocycles. The van der Waals surface area contributed by atoms with E-state index in [1.807, 2.05) is 30.3 Å². The van der Waals surface area contributed by atoms with Crippen molar-refractivity contribution in [1.82, 2.24) is 10.2 Å². The first-order valence-corrected chi connectivity index (χ1v) is 7.72. The maximum absolute atomic E-state index is 12.0. The quantitative estimate of drug-likeness (QED) is 0.884. The highest BCUT2D eigenvalue weighted by Crippen LogP contribution is 2.23. The lowest BCUT2D eigenvalue weighted by Crippen LogP contribution is -2.41. The summed E-state index contributed by atoms with van der Waals surface area (Å²) in [4.78, 5) is 14.3. The van der Waals surface area contributed by atoms with Crippen LogP contribution in [0.25, 0.3) is 0 Å². The third-order valence-electron chi connectivity index (χ3n) is 3.58. The van der Waals surface area contributed by atoms with Gasteiger partial charge < -0.3 is 19.2 Å². The molecule has 2 aromatic rings. The second kappa shape index (κ2) is 7.80. The molecular weight excluding hydrogens is 296 g/mol. The molecule has 0 atom stereocenters. The molecule has 1 N–H and O–H groups in total. The zero-order valence-corrected chi connectivity index (χ0v) is 12.9. The maximum atomic E-state index is 12.0. The summed E-state index contributed by atoms with van der Waals surface area (Å²) in [6, 6.07) is 12.6. The first kappa shape index (κ1) is 15.6. The summed E-state index contributed by atoms with van der Waals surface area (Å²) >= 11 is 0. The van der Waals surface area contributed by atoms with Crippen molar-refractivity contribution < 1.29 is 18.7 Å². The first-order valence-electron chi connectivity index (χ1n) is 7.72. The maximum Gasteiger partial charge on any atom is 0.290 e.